The summed E-state index contributed by atoms with van der Waals surface area (Å²) in [5, 5.41) is 2.99. The van der Waals surface area contributed by atoms with Crippen molar-refractivity contribution in [1.29, 1.82) is 0 Å². The lowest BCUT2D eigenvalue weighted by atomic mass is 10.0. The van der Waals surface area contributed by atoms with E-state index in [0.717, 1.165) is 12.2 Å². The summed E-state index contributed by atoms with van der Waals surface area (Å²) in [7, 11) is 0. The van der Waals surface area contributed by atoms with Gasteiger partial charge in [0.05, 0.1) is 6.04 Å². The molecule has 1 aromatic rings. The van der Waals surface area contributed by atoms with Gasteiger partial charge < -0.3 is 5.32 Å². The standard InChI is InChI=1S/C11H13NOS/c1-8(13)12-10-6-7-14-11-5-3-2-4-9(10)11/h2-5,10H,6-7H2,1H3,(H,12,13). The van der Waals surface area contributed by atoms with E-state index in [9.17, 15) is 4.79 Å². The molecule has 1 unspecified atom stereocenters. The quantitative estimate of drug-likeness (QED) is 0.766. The van der Waals surface area contributed by atoms with Crippen molar-refractivity contribution < 1.29 is 4.79 Å². The Morgan fingerprint density at radius 1 is 1.50 bits per heavy atom. The van der Waals surface area contributed by atoms with Crippen molar-refractivity contribution in [2.75, 3.05) is 5.75 Å². The number of fused-ring (bicyclic) bond motifs is 1. The molecule has 14 heavy (non-hydrogen) atoms. The smallest absolute Gasteiger partial charge is 0.217 e. The first-order valence-electron chi connectivity index (χ1n) is 4.76. The van der Waals surface area contributed by atoms with Gasteiger partial charge in [-0.2, -0.15) is 0 Å². The third-order valence-electron chi connectivity index (χ3n) is 2.34. The van der Waals surface area contributed by atoms with E-state index < -0.39 is 0 Å². The van der Waals surface area contributed by atoms with Crippen LogP contribution in [0.2, 0.25) is 0 Å². The highest BCUT2D eigenvalue weighted by atomic mass is 32.2. The summed E-state index contributed by atoms with van der Waals surface area (Å²) < 4.78 is 0. The third-order valence-corrected chi connectivity index (χ3v) is 3.46. The Morgan fingerprint density at radius 2 is 2.29 bits per heavy atom. The van der Waals surface area contributed by atoms with Crippen LogP contribution in [0.1, 0.15) is 24.9 Å². The van der Waals surface area contributed by atoms with Gasteiger partial charge in [-0.1, -0.05) is 18.2 Å². The maximum Gasteiger partial charge on any atom is 0.217 e. The highest BCUT2D eigenvalue weighted by molar-refractivity contribution is 7.99. The lowest BCUT2D eigenvalue weighted by Gasteiger charge is -2.25. The van der Waals surface area contributed by atoms with Gasteiger partial charge in [-0.15, -0.1) is 11.8 Å². The van der Waals surface area contributed by atoms with E-state index >= 15 is 0 Å². The van der Waals surface area contributed by atoms with E-state index in [-0.39, 0.29) is 11.9 Å². The minimum absolute atomic E-state index is 0.0525. The highest BCUT2D eigenvalue weighted by Gasteiger charge is 2.20. The first-order chi connectivity index (χ1) is 6.77. The van der Waals surface area contributed by atoms with Crippen molar-refractivity contribution in [3.63, 3.8) is 0 Å². The molecule has 1 amide bonds. The first kappa shape index (κ1) is 9.59. The number of thioether (sulfide) groups is 1. The van der Waals surface area contributed by atoms with Crippen LogP contribution in [0.5, 0.6) is 0 Å². The Hall–Kier alpha value is -0.960. The highest BCUT2D eigenvalue weighted by Crippen LogP contribution is 2.35. The number of carbonyl (C=O) groups is 1. The van der Waals surface area contributed by atoms with Crippen molar-refractivity contribution in [2.24, 2.45) is 0 Å². The average molecular weight is 207 g/mol. The third kappa shape index (κ3) is 1.93. The summed E-state index contributed by atoms with van der Waals surface area (Å²) in [5.74, 6) is 1.14. The van der Waals surface area contributed by atoms with Crippen LogP contribution in [-0.4, -0.2) is 11.7 Å². The molecule has 0 bridgehead atoms. The summed E-state index contributed by atoms with van der Waals surface area (Å²) in [6.45, 7) is 1.57. The summed E-state index contributed by atoms with van der Waals surface area (Å²) in [5.41, 5.74) is 1.26. The molecule has 1 N–H and O–H groups in total. The molecule has 0 saturated carbocycles. The Kier molecular flexibility index (Phi) is 2.77. The van der Waals surface area contributed by atoms with Gasteiger partial charge in [-0.25, -0.2) is 0 Å². The molecule has 0 fully saturated rings. The van der Waals surface area contributed by atoms with Crippen LogP contribution in [0.25, 0.3) is 0 Å². The molecule has 1 aliphatic rings. The average Bonchev–Trinajstić information content (AvgIpc) is 2.18. The van der Waals surface area contributed by atoms with Gasteiger partial charge in [0.2, 0.25) is 5.91 Å². The van der Waals surface area contributed by atoms with Crippen molar-refractivity contribution in [2.45, 2.75) is 24.3 Å². The van der Waals surface area contributed by atoms with Gasteiger partial charge in [-0.05, 0) is 18.1 Å². The SMILES string of the molecule is CC(=O)NC1CCSc2ccccc21. The molecule has 0 spiro atoms. The zero-order chi connectivity index (χ0) is 9.97. The molecule has 3 heteroatoms. The Labute approximate surface area is 88.1 Å². The zero-order valence-corrected chi connectivity index (χ0v) is 8.93. The topological polar surface area (TPSA) is 29.1 Å². The van der Waals surface area contributed by atoms with Crippen molar-refractivity contribution in [3.8, 4) is 0 Å². The van der Waals surface area contributed by atoms with Crippen molar-refractivity contribution in [1.82, 2.24) is 5.32 Å². The molecule has 2 nitrogen and oxygen atoms in total. The lowest BCUT2D eigenvalue weighted by molar-refractivity contribution is -0.119. The minimum atomic E-state index is 0.0525. The van der Waals surface area contributed by atoms with E-state index in [2.05, 4.69) is 17.4 Å². The van der Waals surface area contributed by atoms with Gasteiger partial charge in [0, 0.05) is 17.6 Å². The molecule has 1 heterocycles. The second-order valence-electron chi connectivity index (χ2n) is 3.43. The fraction of sp³-hybridized carbons (Fsp3) is 0.364. The fourth-order valence-corrected chi connectivity index (χ4v) is 2.86. The number of hydrogen-bond acceptors (Lipinski definition) is 2. The Balaban J connectivity index is 2.26. The van der Waals surface area contributed by atoms with Crippen LogP contribution in [-0.2, 0) is 4.79 Å². The predicted octanol–water partition coefficient (Wildman–Crippen LogP) is 2.36. The number of hydrogen-bond donors (Lipinski definition) is 1. The normalized spacial score (nSPS) is 19.9. The van der Waals surface area contributed by atoms with E-state index in [4.69, 9.17) is 0 Å². The summed E-state index contributed by atoms with van der Waals surface area (Å²) in [6, 6.07) is 8.50. The second kappa shape index (κ2) is 4.05. The lowest BCUT2D eigenvalue weighted by Crippen LogP contribution is -2.28. The van der Waals surface area contributed by atoms with Gasteiger partial charge in [0.25, 0.3) is 0 Å². The zero-order valence-electron chi connectivity index (χ0n) is 8.12. The molecule has 2 rings (SSSR count). The van der Waals surface area contributed by atoms with Gasteiger partial charge >= 0.3 is 0 Å². The van der Waals surface area contributed by atoms with Crippen LogP contribution in [0.15, 0.2) is 29.2 Å². The van der Waals surface area contributed by atoms with E-state index in [1.807, 2.05) is 23.9 Å². The van der Waals surface area contributed by atoms with Crippen LogP contribution < -0.4 is 5.32 Å². The van der Waals surface area contributed by atoms with E-state index in [1.54, 1.807) is 6.92 Å². The molecule has 0 saturated heterocycles. The number of carbonyl (C=O) groups excluding carboxylic acids is 1. The number of rotatable bonds is 1. The fourth-order valence-electron chi connectivity index (χ4n) is 1.74. The summed E-state index contributed by atoms with van der Waals surface area (Å²) >= 11 is 1.87. The van der Waals surface area contributed by atoms with Crippen LogP contribution in [0.4, 0.5) is 0 Å². The monoisotopic (exact) mass is 207 g/mol. The first-order valence-corrected chi connectivity index (χ1v) is 5.75. The Morgan fingerprint density at radius 3 is 3.07 bits per heavy atom. The molecule has 0 aromatic heterocycles. The van der Waals surface area contributed by atoms with Crippen molar-refractivity contribution >= 4 is 17.7 Å². The number of benzene rings is 1. The summed E-state index contributed by atoms with van der Waals surface area (Å²) in [4.78, 5) is 12.3. The molecular formula is C11H13NOS. The van der Waals surface area contributed by atoms with Gasteiger partial charge in [-0.3, -0.25) is 4.79 Å². The minimum Gasteiger partial charge on any atom is -0.349 e. The summed E-state index contributed by atoms with van der Waals surface area (Å²) in [6.07, 6.45) is 1.03. The van der Waals surface area contributed by atoms with Crippen LogP contribution >= 0.6 is 11.8 Å². The largest absolute Gasteiger partial charge is 0.349 e. The maximum atomic E-state index is 11.0. The molecule has 0 aliphatic carbocycles. The van der Waals surface area contributed by atoms with Crippen LogP contribution in [0, 0.1) is 0 Å². The van der Waals surface area contributed by atoms with E-state index in [0.29, 0.717) is 0 Å². The van der Waals surface area contributed by atoms with Crippen LogP contribution in [0.3, 0.4) is 0 Å². The molecule has 74 valence electrons. The molecule has 0 radical (unpaired) electrons. The van der Waals surface area contributed by atoms with Crippen molar-refractivity contribution in [3.05, 3.63) is 29.8 Å². The Bertz CT molecular complexity index is 351. The molecule has 1 aliphatic heterocycles. The number of amides is 1. The molecule has 1 atom stereocenters. The van der Waals surface area contributed by atoms with Gasteiger partial charge in [0.1, 0.15) is 0 Å². The molecular weight excluding hydrogens is 194 g/mol. The predicted molar refractivity (Wildman–Crippen MR) is 58.3 cm³/mol. The molecule has 1 aromatic carbocycles. The van der Waals surface area contributed by atoms with E-state index in [1.165, 1.54) is 10.5 Å². The second-order valence-corrected chi connectivity index (χ2v) is 4.56. The van der Waals surface area contributed by atoms with Gasteiger partial charge in [0.15, 0.2) is 0 Å². The number of nitrogens with one attached hydrogen (secondary N) is 1. The maximum absolute atomic E-state index is 11.0.